The minimum absolute atomic E-state index is 0.0454. The van der Waals surface area contributed by atoms with E-state index in [1.165, 1.54) is 12.3 Å². The molecule has 0 saturated carbocycles. The Morgan fingerprint density at radius 2 is 1.71 bits per heavy atom. The van der Waals surface area contributed by atoms with E-state index in [2.05, 4.69) is 15.6 Å². The van der Waals surface area contributed by atoms with Crippen molar-refractivity contribution >= 4 is 29.2 Å². The Bertz CT molecular complexity index is 979. The van der Waals surface area contributed by atoms with Gasteiger partial charge in [-0.25, -0.2) is 4.98 Å². The van der Waals surface area contributed by atoms with Crippen molar-refractivity contribution in [1.29, 1.82) is 0 Å². The molecule has 0 bridgehead atoms. The summed E-state index contributed by atoms with van der Waals surface area (Å²) in [6, 6.07) is 18.2. The molecule has 3 aromatic rings. The smallest absolute Gasteiger partial charge is 0.253 e. The van der Waals surface area contributed by atoms with E-state index < -0.39 is 11.9 Å². The molecule has 1 heterocycles. The summed E-state index contributed by atoms with van der Waals surface area (Å²) in [4.78, 5) is 29.1. The second-order valence-corrected chi connectivity index (χ2v) is 6.45. The molecule has 0 saturated heterocycles. The first-order valence-corrected chi connectivity index (χ1v) is 8.96. The van der Waals surface area contributed by atoms with Crippen LogP contribution in [0.4, 0.5) is 5.82 Å². The lowest BCUT2D eigenvalue weighted by atomic mass is 10.0. The minimum Gasteiger partial charge on any atom is -0.504 e. The molecule has 7 heteroatoms. The third-order valence-electron chi connectivity index (χ3n) is 4.06. The van der Waals surface area contributed by atoms with E-state index in [1.54, 1.807) is 30.3 Å². The normalized spacial score (nSPS) is 11.5. The summed E-state index contributed by atoms with van der Waals surface area (Å²) < 4.78 is 0. The van der Waals surface area contributed by atoms with Crippen molar-refractivity contribution in [2.75, 3.05) is 5.32 Å². The summed E-state index contributed by atoms with van der Waals surface area (Å²) in [5, 5.41) is 15.5. The Balaban J connectivity index is 1.78. The summed E-state index contributed by atoms with van der Waals surface area (Å²) in [5.41, 5.74) is 1.09. The number of aromatic nitrogens is 1. The van der Waals surface area contributed by atoms with Crippen LogP contribution in [0.1, 0.15) is 28.4 Å². The number of amides is 2. The minimum atomic E-state index is -0.587. The molecule has 1 unspecified atom stereocenters. The van der Waals surface area contributed by atoms with Gasteiger partial charge >= 0.3 is 0 Å². The molecule has 6 nitrogen and oxygen atoms in total. The lowest BCUT2D eigenvalue weighted by Crippen LogP contribution is -2.31. The maximum Gasteiger partial charge on any atom is 0.253 e. The largest absolute Gasteiger partial charge is 0.504 e. The zero-order valence-electron chi connectivity index (χ0n) is 14.8. The maximum atomic E-state index is 12.7. The van der Waals surface area contributed by atoms with E-state index in [0.29, 0.717) is 10.6 Å². The molecule has 28 heavy (non-hydrogen) atoms. The highest BCUT2D eigenvalue weighted by atomic mass is 35.5. The summed E-state index contributed by atoms with van der Waals surface area (Å²) in [7, 11) is 0. The van der Waals surface area contributed by atoms with Gasteiger partial charge in [0, 0.05) is 6.20 Å². The van der Waals surface area contributed by atoms with Crippen LogP contribution in [-0.4, -0.2) is 21.9 Å². The molecule has 0 radical (unpaired) electrons. The SMILES string of the molecule is O=C(CC(NC(=O)c1ccccc1Cl)c1ccccc1)Nc1ncccc1O. The van der Waals surface area contributed by atoms with Crippen molar-refractivity contribution in [2.45, 2.75) is 12.5 Å². The van der Waals surface area contributed by atoms with Crippen LogP contribution in [-0.2, 0) is 4.79 Å². The number of benzene rings is 2. The van der Waals surface area contributed by atoms with Crippen LogP contribution in [0.3, 0.4) is 0 Å². The van der Waals surface area contributed by atoms with Crippen LogP contribution in [0.25, 0.3) is 0 Å². The van der Waals surface area contributed by atoms with E-state index in [4.69, 9.17) is 11.6 Å². The molecule has 1 atom stereocenters. The second-order valence-electron chi connectivity index (χ2n) is 6.04. The quantitative estimate of drug-likeness (QED) is 0.589. The predicted octanol–water partition coefficient (Wildman–Crippen LogP) is 3.94. The topological polar surface area (TPSA) is 91.3 Å². The number of nitrogens with zero attached hydrogens (tertiary/aromatic N) is 1. The number of hydrogen-bond acceptors (Lipinski definition) is 4. The number of nitrogens with one attached hydrogen (secondary N) is 2. The molecule has 1 aromatic heterocycles. The lowest BCUT2D eigenvalue weighted by molar-refractivity contribution is -0.116. The highest BCUT2D eigenvalue weighted by Crippen LogP contribution is 2.23. The van der Waals surface area contributed by atoms with Crippen LogP contribution >= 0.6 is 11.6 Å². The zero-order chi connectivity index (χ0) is 19.9. The van der Waals surface area contributed by atoms with Crippen molar-refractivity contribution in [3.8, 4) is 5.75 Å². The first-order valence-electron chi connectivity index (χ1n) is 8.59. The lowest BCUT2D eigenvalue weighted by Gasteiger charge is -2.19. The predicted molar refractivity (Wildman–Crippen MR) is 107 cm³/mol. The Kier molecular flexibility index (Phi) is 6.24. The van der Waals surface area contributed by atoms with Crippen LogP contribution in [0, 0.1) is 0 Å². The summed E-state index contributed by atoms with van der Waals surface area (Å²) in [6.07, 6.45) is 1.42. The maximum absolute atomic E-state index is 12.7. The van der Waals surface area contributed by atoms with Gasteiger partial charge in [0.15, 0.2) is 11.6 Å². The van der Waals surface area contributed by atoms with E-state index >= 15 is 0 Å². The van der Waals surface area contributed by atoms with Crippen LogP contribution in [0.5, 0.6) is 5.75 Å². The fourth-order valence-electron chi connectivity index (χ4n) is 2.68. The molecular weight excluding hydrogens is 378 g/mol. The molecule has 2 amide bonds. The van der Waals surface area contributed by atoms with E-state index in [0.717, 1.165) is 5.56 Å². The first-order chi connectivity index (χ1) is 13.5. The molecule has 142 valence electrons. The number of halogens is 1. The van der Waals surface area contributed by atoms with Crippen molar-refractivity contribution in [3.05, 3.63) is 89.1 Å². The Hall–Kier alpha value is -3.38. The van der Waals surface area contributed by atoms with E-state index in [1.807, 2.05) is 30.3 Å². The van der Waals surface area contributed by atoms with Gasteiger partial charge in [-0.3, -0.25) is 9.59 Å². The highest BCUT2D eigenvalue weighted by molar-refractivity contribution is 6.33. The average molecular weight is 396 g/mol. The molecule has 3 N–H and O–H groups in total. The number of pyridine rings is 1. The van der Waals surface area contributed by atoms with Gasteiger partial charge in [-0.05, 0) is 29.8 Å². The third kappa shape index (κ3) is 4.86. The van der Waals surface area contributed by atoms with Gasteiger partial charge in [0.05, 0.1) is 23.0 Å². The summed E-state index contributed by atoms with van der Waals surface area (Å²) in [5.74, 6) is -0.848. The van der Waals surface area contributed by atoms with Gasteiger partial charge in [0.1, 0.15) is 0 Å². The second kappa shape index (κ2) is 9.01. The fraction of sp³-hybridized carbons (Fsp3) is 0.0952. The number of hydrogen-bond donors (Lipinski definition) is 3. The van der Waals surface area contributed by atoms with E-state index in [-0.39, 0.29) is 23.9 Å². The van der Waals surface area contributed by atoms with Crippen LogP contribution in [0.15, 0.2) is 72.9 Å². The standard InChI is InChI=1S/C21H18ClN3O3/c22-16-10-5-4-9-15(16)21(28)24-17(14-7-2-1-3-8-14)13-19(27)25-20-18(26)11-6-12-23-20/h1-12,17,26H,13H2,(H,24,28)(H,23,25,27). The molecule has 0 fully saturated rings. The van der Waals surface area contributed by atoms with Gasteiger partial charge in [0.2, 0.25) is 5.91 Å². The number of rotatable bonds is 6. The first kappa shape index (κ1) is 19.4. The van der Waals surface area contributed by atoms with Crippen LogP contribution < -0.4 is 10.6 Å². The average Bonchev–Trinajstić information content (AvgIpc) is 2.70. The fourth-order valence-corrected chi connectivity index (χ4v) is 2.90. The van der Waals surface area contributed by atoms with Crippen molar-refractivity contribution < 1.29 is 14.7 Å². The number of aromatic hydroxyl groups is 1. The molecular formula is C21H18ClN3O3. The number of anilines is 1. The highest BCUT2D eigenvalue weighted by Gasteiger charge is 2.21. The van der Waals surface area contributed by atoms with Gasteiger partial charge in [0.25, 0.3) is 5.91 Å². The number of carbonyl (C=O) groups excluding carboxylic acids is 2. The summed E-state index contributed by atoms with van der Waals surface area (Å²) in [6.45, 7) is 0. The van der Waals surface area contributed by atoms with Gasteiger partial charge in [-0.15, -0.1) is 0 Å². The molecule has 0 aliphatic heterocycles. The van der Waals surface area contributed by atoms with Crippen molar-refractivity contribution in [3.63, 3.8) is 0 Å². The van der Waals surface area contributed by atoms with Crippen molar-refractivity contribution in [2.24, 2.45) is 0 Å². The summed E-state index contributed by atoms with van der Waals surface area (Å²) >= 11 is 6.10. The Morgan fingerprint density at radius 1 is 1.00 bits per heavy atom. The third-order valence-corrected chi connectivity index (χ3v) is 4.39. The zero-order valence-corrected chi connectivity index (χ0v) is 15.6. The molecule has 0 aliphatic carbocycles. The molecule has 0 aliphatic rings. The molecule has 2 aromatic carbocycles. The van der Waals surface area contributed by atoms with Gasteiger partial charge in [-0.2, -0.15) is 0 Å². The van der Waals surface area contributed by atoms with E-state index in [9.17, 15) is 14.7 Å². The Labute approximate surface area is 167 Å². The number of carbonyl (C=O) groups is 2. The van der Waals surface area contributed by atoms with Crippen LogP contribution in [0.2, 0.25) is 5.02 Å². The molecule has 3 rings (SSSR count). The monoisotopic (exact) mass is 395 g/mol. The van der Waals surface area contributed by atoms with Gasteiger partial charge < -0.3 is 15.7 Å². The van der Waals surface area contributed by atoms with Gasteiger partial charge in [-0.1, -0.05) is 54.1 Å². The molecule has 0 spiro atoms. The van der Waals surface area contributed by atoms with Crippen molar-refractivity contribution in [1.82, 2.24) is 10.3 Å². The Morgan fingerprint density at radius 3 is 2.43 bits per heavy atom.